The molecule has 2 aromatic carbocycles. The number of methoxy groups -OCH3 is 4. The third-order valence-corrected chi connectivity index (χ3v) is 3.86. The molecule has 2 aromatic rings. The van der Waals surface area contributed by atoms with Crippen LogP contribution in [-0.2, 0) is 6.42 Å². The zero-order valence-corrected chi connectivity index (χ0v) is 18.6. The van der Waals surface area contributed by atoms with Crippen LogP contribution in [0, 0.1) is 6.92 Å². The molecule has 0 aliphatic heterocycles. The number of benzene rings is 2. The summed E-state index contributed by atoms with van der Waals surface area (Å²) < 4.78 is 22.2. The van der Waals surface area contributed by atoms with Gasteiger partial charge in [0.05, 0.1) is 28.4 Å². The molecule has 0 amide bonds. The standard InChI is InChI=1S/C19H24O4.2C2H6/c1-7-13-10-15(19(23-6)17(11-13)21-4)14-8-12(2)9-16(20-3)18(14)22-5;2*1-2/h8-11H,7H2,1-6H3;2*1-2H3. The molecule has 0 N–H and O–H groups in total. The van der Waals surface area contributed by atoms with Gasteiger partial charge in [-0.15, -0.1) is 0 Å². The smallest absolute Gasteiger partial charge is 0.168 e. The van der Waals surface area contributed by atoms with E-state index in [0.29, 0.717) is 23.0 Å². The fourth-order valence-corrected chi connectivity index (χ4v) is 2.73. The normalized spacial score (nSPS) is 9.26. The minimum Gasteiger partial charge on any atom is -0.493 e. The minimum absolute atomic E-state index is 0.687. The van der Waals surface area contributed by atoms with E-state index in [9.17, 15) is 0 Å². The summed E-state index contributed by atoms with van der Waals surface area (Å²) in [6.07, 6.45) is 0.901. The molecule has 27 heavy (non-hydrogen) atoms. The van der Waals surface area contributed by atoms with Gasteiger partial charge in [-0.2, -0.15) is 0 Å². The Bertz CT molecular complexity index is 693. The van der Waals surface area contributed by atoms with Gasteiger partial charge in [0, 0.05) is 11.1 Å². The SMILES string of the molecule is CC.CC.CCc1cc(OC)c(OC)c(-c2cc(C)cc(OC)c2OC)c1. The highest BCUT2D eigenvalue weighted by Gasteiger charge is 2.20. The second-order valence-electron chi connectivity index (χ2n) is 5.28. The van der Waals surface area contributed by atoms with Gasteiger partial charge in [0.15, 0.2) is 23.0 Å². The minimum atomic E-state index is 0.687. The number of ether oxygens (including phenoxy) is 4. The van der Waals surface area contributed by atoms with Crippen LogP contribution in [0.3, 0.4) is 0 Å². The van der Waals surface area contributed by atoms with Crippen LogP contribution in [-0.4, -0.2) is 28.4 Å². The lowest BCUT2D eigenvalue weighted by atomic mass is 9.97. The monoisotopic (exact) mass is 376 g/mol. The van der Waals surface area contributed by atoms with Crippen LogP contribution in [0.15, 0.2) is 24.3 Å². The second kappa shape index (κ2) is 12.9. The third-order valence-electron chi connectivity index (χ3n) is 3.86. The third kappa shape index (κ3) is 5.81. The highest BCUT2D eigenvalue weighted by molar-refractivity contribution is 5.81. The molecule has 0 aliphatic rings. The van der Waals surface area contributed by atoms with Gasteiger partial charge >= 0.3 is 0 Å². The maximum atomic E-state index is 5.61. The molecule has 0 atom stereocenters. The molecule has 152 valence electrons. The molecule has 0 unspecified atom stereocenters. The molecule has 0 aliphatic carbocycles. The van der Waals surface area contributed by atoms with Crippen molar-refractivity contribution in [3.63, 3.8) is 0 Å². The van der Waals surface area contributed by atoms with Crippen molar-refractivity contribution in [3.8, 4) is 34.1 Å². The summed E-state index contributed by atoms with van der Waals surface area (Å²) in [4.78, 5) is 0. The van der Waals surface area contributed by atoms with Crippen molar-refractivity contribution in [2.45, 2.75) is 48.0 Å². The predicted molar refractivity (Wildman–Crippen MR) is 115 cm³/mol. The lowest BCUT2D eigenvalue weighted by Crippen LogP contribution is -1.99. The second-order valence-corrected chi connectivity index (χ2v) is 5.28. The summed E-state index contributed by atoms with van der Waals surface area (Å²) in [7, 11) is 6.58. The Morgan fingerprint density at radius 2 is 1.07 bits per heavy atom. The summed E-state index contributed by atoms with van der Waals surface area (Å²) in [5.74, 6) is 2.79. The van der Waals surface area contributed by atoms with Crippen molar-refractivity contribution in [1.29, 1.82) is 0 Å². The van der Waals surface area contributed by atoms with E-state index < -0.39 is 0 Å². The lowest BCUT2D eigenvalue weighted by Gasteiger charge is -2.19. The molecular weight excluding hydrogens is 340 g/mol. The maximum Gasteiger partial charge on any atom is 0.168 e. The highest BCUT2D eigenvalue weighted by atomic mass is 16.5. The lowest BCUT2D eigenvalue weighted by molar-refractivity contribution is 0.351. The average Bonchev–Trinajstić information content (AvgIpc) is 2.74. The van der Waals surface area contributed by atoms with Gasteiger partial charge in [-0.25, -0.2) is 0 Å². The van der Waals surface area contributed by atoms with Gasteiger partial charge in [0.25, 0.3) is 0 Å². The number of aryl methyl sites for hydroxylation is 2. The van der Waals surface area contributed by atoms with Crippen LogP contribution in [0.2, 0.25) is 0 Å². The van der Waals surface area contributed by atoms with Crippen molar-refractivity contribution < 1.29 is 18.9 Å². The van der Waals surface area contributed by atoms with Crippen molar-refractivity contribution in [3.05, 3.63) is 35.4 Å². The maximum absolute atomic E-state index is 5.61. The van der Waals surface area contributed by atoms with E-state index in [1.54, 1.807) is 28.4 Å². The summed E-state index contributed by atoms with van der Waals surface area (Å²) in [5, 5.41) is 0. The summed E-state index contributed by atoms with van der Waals surface area (Å²) in [5.41, 5.74) is 4.11. The van der Waals surface area contributed by atoms with E-state index in [4.69, 9.17) is 18.9 Å². The van der Waals surface area contributed by atoms with E-state index in [2.05, 4.69) is 19.1 Å². The first-order valence-electron chi connectivity index (χ1n) is 9.57. The van der Waals surface area contributed by atoms with E-state index in [1.165, 1.54) is 5.56 Å². The van der Waals surface area contributed by atoms with Crippen molar-refractivity contribution in [2.75, 3.05) is 28.4 Å². The number of rotatable bonds is 6. The van der Waals surface area contributed by atoms with Crippen LogP contribution in [0.5, 0.6) is 23.0 Å². The Balaban J connectivity index is 0.00000158. The topological polar surface area (TPSA) is 36.9 Å². The summed E-state index contributed by atoms with van der Waals surface area (Å²) >= 11 is 0. The van der Waals surface area contributed by atoms with Crippen LogP contribution in [0.25, 0.3) is 11.1 Å². The summed E-state index contributed by atoms with van der Waals surface area (Å²) in [6, 6.07) is 8.13. The van der Waals surface area contributed by atoms with Gasteiger partial charge in [0.2, 0.25) is 0 Å². The van der Waals surface area contributed by atoms with E-state index in [0.717, 1.165) is 23.1 Å². The molecule has 0 saturated heterocycles. The number of hydrogen-bond acceptors (Lipinski definition) is 4. The van der Waals surface area contributed by atoms with Gasteiger partial charge in [0.1, 0.15) is 0 Å². The molecule has 2 rings (SSSR count). The highest BCUT2D eigenvalue weighted by Crippen LogP contribution is 2.46. The molecular formula is C23H36O4. The first kappa shape index (κ1) is 24.6. The van der Waals surface area contributed by atoms with Crippen LogP contribution < -0.4 is 18.9 Å². The van der Waals surface area contributed by atoms with Gasteiger partial charge in [-0.05, 0) is 48.7 Å². The zero-order valence-electron chi connectivity index (χ0n) is 18.6. The van der Waals surface area contributed by atoms with Gasteiger partial charge in [-0.1, -0.05) is 34.6 Å². The molecule has 0 spiro atoms. The number of hydrogen-bond donors (Lipinski definition) is 0. The molecule has 0 saturated carbocycles. The average molecular weight is 377 g/mol. The largest absolute Gasteiger partial charge is 0.493 e. The predicted octanol–water partition coefficient (Wildman–Crippen LogP) is 6.31. The summed E-state index contributed by atoms with van der Waals surface area (Å²) in [6.45, 7) is 12.1. The fraction of sp³-hybridized carbons (Fsp3) is 0.478. The van der Waals surface area contributed by atoms with Gasteiger partial charge in [-0.3, -0.25) is 0 Å². The van der Waals surface area contributed by atoms with E-state index in [-0.39, 0.29) is 0 Å². The van der Waals surface area contributed by atoms with Gasteiger partial charge < -0.3 is 18.9 Å². The first-order valence-corrected chi connectivity index (χ1v) is 9.57. The fourth-order valence-electron chi connectivity index (χ4n) is 2.73. The van der Waals surface area contributed by atoms with Crippen molar-refractivity contribution in [1.82, 2.24) is 0 Å². The Morgan fingerprint density at radius 3 is 1.48 bits per heavy atom. The van der Waals surface area contributed by atoms with E-state index >= 15 is 0 Å². The molecule has 0 radical (unpaired) electrons. The zero-order chi connectivity index (χ0) is 21.0. The Kier molecular flexibility index (Phi) is 11.8. The molecule has 4 heteroatoms. The molecule has 0 fully saturated rings. The Morgan fingerprint density at radius 1 is 0.630 bits per heavy atom. The molecule has 0 heterocycles. The van der Waals surface area contributed by atoms with Crippen molar-refractivity contribution in [2.24, 2.45) is 0 Å². The molecule has 0 bridgehead atoms. The van der Waals surface area contributed by atoms with Crippen LogP contribution >= 0.6 is 0 Å². The van der Waals surface area contributed by atoms with Crippen LogP contribution in [0.4, 0.5) is 0 Å². The quantitative estimate of drug-likeness (QED) is 0.592. The molecule has 4 nitrogen and oxygen atoms in total. The Labute approximate surface area is 165 Å². The van der Waals surface area contributed by atoms with E-state index in [1.807, 2.05) is 46.8 Å². The van der Waals surface area contributed by atoms with Crippen molar-refractivity contribution >= 4 is 0 Å². The first-order chi connectivity index (χ1) is 13.1. The molecule has 0 aromatic heterocycles. The van der Waals surface area contributed by atoms with Crippen LogP contribution in [0.1, 0.15) is 45.7 Å². The Hall–Kier alpha value is -2.36.